The number of anilines is 1. The fraction of sp³-hybridized carbons (Fsp3) is 0.759. The van der Waals surface area contributed by atoms with Gasteiger partial charge in [0, 0.05) is 51.9 Å². The van der Waals surface area contributed by atoms with Crippen molar-refractivity contribution in [1.29, 1.82) is 0 Å². The van der Waals surface area contributed by atoms with Crippen LogP contribution in [-0.2, 0) is 6.54 Å². The molecule has 1 amide bonds. The van der Waals surface area contributed by atoms with Crippen molar-refractivity contribution in [3.05, 3.63) is 17.8 Å². The summed E-state index contributed by atoms with van der Waals surface area (Å²) < 4.78 is 1.96. The van der Waals surface area contributed by atoms with Gasteiger partial charge in [0.2, 0.25) is 0 Å². The number of amides is 1. The molecule has 37 heavy (non-hydrogen) atoms. The molecule has 5 heterocycles. The van der Waals surface area contributed by atoms with Crippen molar-refractivity contribution in [2.75, 3.05) is 57.3 Å². The summed E-state index contributed by atoms with van der Waals surface area (Å²) in [7, 11) is 0. The third-order valence-corrected chi connectivity index (χ3v) is 8.37. The third-order valence-electron chi connectivity index (χ3n) is 8.37. The first kappa shape index (κ1) is 26.4. The Morgan fingerprint density at radius 1 is 0.892 bits per heavy atom. The molecule has 3 aliphatic heterocycles. The SMILES string of the molecule is CC(C)Cn1nc(C(=O)NC2CCN(CCN3CCCCC3)CC2)c2ccc(N3CCCCCC3)nc21. The number of likely N-dealkylation sites (tertiary alicyclic amines) is 2. The van der Waals surface area contributed by atoms with Crippen LogP contribution in [0.5, 0.6) is 0 Å². The quantitative estimate of drug-likeness (QED) is 0.577. The highest BCUT2D eigenvalue weighted by atomic mass is 16.2. The first-order chi connectivity index (χ1) is 18.1. The highest BCUT2D eigenvalue weighted by molar-refractivity contribution is 6.04. The predicted octanol–water partition coefficient (Wildman–Crippen LogP) is 4.15. The van der Waals surface area contributed by atoms with E-state index in [1.807, 2.05) is 4.68 Å². The average Bonchev–Trinajstić information content (AvgIpc) is 3.06. The summed E-state index contributed by atoms with van der Waals surface area (Å²) in [6, 6.07) is 4.38. The number of carbonyl (C=O) groups excluding carboxylic acids is 1. The summed E-state index contributed by atoms with van der Waals surface area (Å²) in [5, 5.41) is 8.99. The minimum Gasteiger partial charge on any atom is -0.357 e. The largest absolute Gasteiger partial charge is 0.357 e. The third kappa shape index (κ3) is 6.82. The molecule has 0 radical (unpaired) electrons. The van der Waals surface area contributed by atoms with Gasteiger partial charge in [-0.15, -0.1) is 0 Å². The van der Waals surface area contributed by atoms with E-state index in [2.05, 4.69) is 46.0 Å². The maximum absolute atomic E-state index is 13.4. The zero-order valence-electron chi connectivity index (χ0n) is 23.1. The van der Waals surface area contributed by atoms with Gasteiger partial charge in [0.25, 0.3) is 5.91 Å². The Kier molecular flexibility index (Phi) is 8.98. The standard InChI is InChI=1S/C29H47N7O/c1-23(2)22-36-28-25(10-11-26(31-28)35-16-8-3-4-9-17-35)27(32-36)29(37)30-24-12-18-34(19-13-24)21-20-33-14-6-5-7-15-33/h10-11,23-24H,3-9,12-22H2,1-2H3,(H,30,37). The summed E-state index contributed by atoms with van der Waals surface area (Å²) in [6.45, 7) is 14.2. The van der Waals surface area contributed by atoms with Gasteiger partial charge in [-0.25, -0.2) is 9.67 Å². The van der Waals surface area contributed by atoms with E-state index in [0.29, 0.717) is 11.6 Å². The van der Waals surface area contributed by atoms with E-state index in [-0.39, 0.29) is 11.9 Å². The smallest absolute Gasteiger partial charge is 0.272 e. The van der Waals surface area contributed by atoms with Gasteiger partial charge in [-0.1, -0.05) is 33.1 Å². The van der Waals surface area contributed by atoms with Gasteiger partial charge in [-0.3, -0.25) is 4.79 Å². The molecule has 2 aromatic heterocycles. The number of nitrogens with zero attached hydrogens (tertiary/aromatic N) is 6. The second-order valence-corrected chi connectivity index (χ2v) is 11.9. The molecule has 0 spiro atoms. The van der Waals surface area contributed by atoms with Gasteiger partial charge >= 0.3 is 0 Å². The molecule has 0 saturated carbocycles. The number of carbonyl (C=O) groups is 1. The molecule has 204 valence electrons. The van der Waals surface area contributed by atoms with Crippen molar-refractivity contribution in [2.24, 2.45) is 5.92 Å². The highest BCUT2D eigenvalue weighted by Gasteiger charge is 2.25. The summed E-state index contributed by atoms with van der Waals surface area (Å²) in [5.74, 6) is 1.39. The van der Waals surface area contributed by atoms with Gasteiger partial charge in [0.1, 0.15) is 5.82 Å². The molecule has 8 heteroatoms. The lowest BCUT2D eigenvalue weighted by Crippen LogP contribution is -2.47. The van der Waals surface area contributed by atoms with Crippen LogP contribution < -0.4 is 10.2 Å². The van der Waals surface area contributed by atoms with Crippen LogP contribution in [0.3, 0.4) is 0 Å². The van der Waals surface area contributed by atoms with E-state index >= 15 is 0 Å². The minimum atomic E-state index is -0.0522. The van der Waals surface area contributed by atoms with Gasteiger partial charge in [0.05, 0.1) is 5.39 Å². The van der Waals surface area contributed by atoms with Crippen LogP contribution in [-0.4, -0.2) is 88.9 Å². The number of hydrogen-bond donors (Lipinski definition) is 1. The Morgan fingerprint density at radius 3 is 2.19 bits per heavy atom. The Hall–Kier alpha value is -2.19. The summed E-state index contributed by atoms with van der Waals surface area (Å²) in [6.07, 6.45) is 11.1. The maximum atomic E-state index is 13.4. The van der Waals surface area contributed by atoms with Crippen LogP contribution in [0.2, 0.25) is 0 Å². The summed E-state index contributed by atoms with van der Waals surface area (Å²) >= 11 is 0. The van der Waals surface area contributed by atoms with Gasteiger partial charge in [-0.2, -0.15) is 5.10 Å². The van der Waals surface area contributed by atoms with Crippen LogP contribution in [0, 0.1) is 5.92 Å². The number of piperidine rings is 2. The summed E-state index contributed by atoms with van der Waals surface area (Å²) in [5.41, 5.74) is 1.37. The molecule has 3 aliphatic rings. The number of nitrogens with one attached hydrogen (secondary N) is 1. The number of aromatic nitrogens is 3. The second-order valence-electron chi connectivity index (χ2n) is 11.9. The van der Waals surface area contributed by atoms with Gasteiger partial charge < -0.3 is 20.0 Å². The predicted molar refractivity (Wildman–Crippen MR) is 150 cm³/mol. The van der Waals surface area contributed by atoms with Crippen molar-refractivity contribution in [3.63, 3.8) is 0 Å². The zero-order chi connectivity index (χ0) is 25.6. The van der Waals surface area contributed by atoms with E-state index in [9.17, 15) is 4.79 Å². The summed E-state index contributed by atoms with van der Waals surface area (Å²) in [4.78, 5) is 26.1. The lowest BCUT2D eigenvalue weighted by atomic mass is 10.0. The Labute approximate surface area is 222 Å². The van der Waals surface area contributed by atoms with Crippen LogP contribution in [0.1, 0.15) is 82.1 Å². The van der Waals surface area contributed by atoms with Gasteiger partial charge in [-0.05, 0) is 69.7 Å². The lowest BCUT2D eigenvalue weighted by Gasteiger charge is -2.34. The van der Waals surface area contributed by atoms with E-state index in [1.165, 1.54) is 64.6 Å². The first-order valence-corrected chi connectivity index (χ1v) is 14.9. The molecule has 0 unspecified atom stereocenters. The maximum Gasteiger partial charge on any atom is 0.272 e. The molecular formula is C29H47N7O. The van der Waals surface area contributed by atoms with Crippen molar-refractivity contribution in [2.45, 2.75) is 84.2 Å². The zero-order valence-corrected chi connectivity index (χ0v) is 23.1. The van der Waals surface area contributed by atoms with E-state index in [0.717, 1.165) is 69.0 Å². The molecule has 2 aromatic rings. The average molecular weight is 510 g/mol. The molecule has 1 N–H and O–H groups in total. The van der Waals surface area contributed by atoms with E-state index in [1.54, 1.807) is 0 Å². The molecular weight excluding hydrogens is 462 g/mol. The minimum absolute atomic E-state index is 0.0522. The van der Waals surface area contributed by atoms with E-state index < -0.39 is 0 Å². The molecule has 8 nitrogen and oxygen atoms in total. The Balaban J connectivity index is 1.22. The highest BCUT2D eigenvalue weighted by Crippen LogP contribution is 2.25. The number of pyridine rings is 1. The number of rotatable bonds is 8. The molecule has 0 bridgehead atoms. The molecule has 5 rings (SSSR count). The van der Waals surface area contributed by atoms with Crippen molar-refractivity contribution >= 4 is 22.8 Å². The van der Waals surface area contributed by atoms with Crippen LogP contribution in [0.25, 0.3) is 11.0 Å². The monoisotopic (exact) mass is 509 g/mol. The molecule has 0 aliphatic carbocycles. The molecule has 3 fully saturated rings. The normalized spacial score (nSPS) is 21.0. The fourth-order valence-electron chi connectivity index (χ4n) is 6.18. The van der Waals surface area contributed by atoms with E-state index in [4.69, 9.17) is 10.1 Å². The molecule has 0 atom stereocenters. The lowest BCUT2D eigenvalue weighted by molar-refractivity contribution is 0.0900. The van der Waals surface area contributed by atoms with Crippen molar-refractivity contribution in [1.82, 2.24) is 29.9 Å². The Morgan fingerprint density at radius 2 is 1.51 bits per heavy atom. The molecule has 3 saturated heterocycles. The number of hydrogen-bond acceptors (Lipinski definition) is 6. The van der Waals surface area contributed by atoms with Crippen LogP contribution in [0.4, 0.5) is 5.82 Å². The second kappa shape index (κ2) is 12.6. The fourth-order valence-corrected chi connectivity index (χ4v) is 6.18. The Bertz CT molecular complexity index is 1010. The number of fused-ring (bicyclic) bond motifs is 1. The molecule has 0 aromatic carbocycles. The van der Waals surface area contributed by atoms with Gasteiger partial charge in [0.15, 0.2) is 11.3 Å². The first-order valence-electron chi connectivity index (χ1n) is 14.9. The topological polar surface area (TPSA) is 69.5 Å². The van der Waals surface area contributed by atoms with Crippen LogP contribution >= 0.6 is 0 Å². The van der Waals surface area contributed by atoms with Crippen LogP contribution in [0.15, 0.2) is 12.1 Å². The van der Waals surface area contributed by atoms with Crippen molar-refractivity contribution < 1.29 is 4.79 Å². The van der Waals surface area contributed by atoms with Crippen molar-refractivity contribution in [3.8, 4) is 0 Å².